The zero-order chi connectivity index (χ0) is 16.9. The third-order valence-electron chi connectivity index (χ3n) is 5.13. The van der Waals surface area contributed by atoms with Crippen LogP contribution in [0.2, 0.25) is 0 Å². The Labute approximate surface area is 141 Å². The van der Waals surface area contributed by atoms with Crippen molar-refractivity contribution in [2.45, 2.75) is 39.0 Å². The number of fused-ring (bicyclic) bond motifs is 2. The van der Waals surface area contributed by atoms with Gasteiger partial charge in [-0.3, -0.25) is 9.89 Å². The molecule has 0 radical (unpaired) electrons. The molecule has 1 aliphatic rings. The average Bonchev–Trinajstić information content (AvgIpc) is 3.07. The van der Waals surface area contributed by atoms with E-state index < -0.39 is 5.41 Å². The van der Waals surface area contributed by atoms with Gasteiger partial charge in [-0.2, -0.15) is 5.10 Å². The van der Waals surface area contributed by atoms with Gasteiger partial charge < -0.3 is 5.32 Å². The van der Waals surface area contributed by atoms with Crippen molar-refractivity contribution >= 4 is 22.5 Å². The number of nitrogens with one attached hydrogen (secondary N) is 2. The van der Waals surface area contributed by atoms with E-state index in [0.717, 1.165) is 34.4 Å². The minimum atomic E-state index is -0.543. The summed E-state index contributed by atoms with van der Waals surface area (Å²) >= 11 is 0. The van der Waals surface area contributed by atoms with Gasteiger partial charge >= 0.3 is 0 Å². The van der Waals surface area contributed by atoms with Gasteiger partial charge in [0.2, 0.25) is 5.91 Å². The van der Waals surface area contributed by atoms with Crippen LogP contribution in [-0.4, -0.2) is 16.1 Å². The highest BCUT2D eigenvalue weighted by molar-refractivity contribution is 6.06. The Morgan fingerprint density at radius 3 is 2.79 bits per heavy atom. The number of rotatable bonds is 3. The zero-order valence-corrected chi connectivity index (χ0v) is 14.2. The standard InChI is InChI=1S/C20H21N3O/c1-4-16-14-7-6-13(10-18(14)23-22-16)11-20(3)15-9-12(2)5-8-17(15)21-19(20)24/h5-10H,4,11H2,1-3H3,(H,21,24)(H,22,23). The monoisotopic (exact) mass is 319 g/mol. The van der Waals surface area contributed by atoms with Gasteiger partial charge in [0.05, 0.1) is 10.9 Å². The number of H-pyrrole nitrogens is 1. The Balaban J connectivity index is 1.75. The maximum atomic E-state index is 12.6. The molecule has 4 rings (SSSR count). The third kappa shape index (κ3) is 2.13. The smallest absolute Gasteiger partial charge is 0.235 e. The molecule has 4 heteroatoms. The van der Waals surface area contributed by atoms with Gasteiger partial charge in [-0.05, 0) is 49.9 Å². The van der Waals surface area contributed by atoms with Crippen molar-refractivity contribution in [1.29, 1.82) is 0 Å². The van der Waals surface area contributed by atoms with E-state index in [1.54, 1.807) is 0 Å². The number of hydrogen-bond donors (Lipinski definition) is 2. The first-order chi connectivity index (χ1) is 11.5. The summed E-state index contributed by atoms with van der Waals surface area (Å²) < 4.78 is 0. The van der Waals surface area contributed by atoms with Crippen molar-refractivity contribution in [2.75, 3.05) is 5.32 Å². The number of amides is 1. The van der Waals surface area contributed by atoms with Crippen molar-refractivity contribution in [1.82, 2.24) is 10.2 Å². The summed E-state index contributed by atoms with van der Waals surface area (Å²) in [6.45, 7) is 6.20. The van der Waals surface area contributed by atoms with Crippen LogP contribution >= 0.6 is 0 Å². The van der Waals surface area contributed by atoms with Crippen LogP contribution in [0, 0.1) is 6.92 Å². The van der Waals surface area contributed by atoms with Crippen molar-refractivity contribution in [3.63, 3.8) is 0 Å². The average molecular weight is 319 g/mol. The maximum absolute atomic E-state index is 12.6. The SMILES string of the molecule is CCc1[nH]nc2cc(CC3(C)C(=O)Nc4ccc(C)cc43)ccc12. The fourth-order valence-corrected chi connectivity index (χ4v) is 3.68. The van der Waals surface area contributed by atoms with E-state index >= 15 is 0 Å². The molecular weight excluding hydrogens is 298 g/mol. The maximum Gasteiger partial charge on any atom is 0.235 e. The molecule has 122 valence electrons. The first-order valence-electron chi connectivity index (χ1n) is 8.40. The fraction of sp³-hybridized carbons (Fsp3) is 0.300. The molecule has 0 saturated heterocycles. The molecule has 1 amide bonds. The van der Waals surface area contributed by atoms with E-state index in [-0.39, 0.29) is 5.91 Å². The Morgan fingerprint density at radius 2 is 2.00 bits per heavy atom. The number of nitrogens with zero attached hydrogens (tertiary/aromatic N) is 1. The highest BCUT2D eigenvalue weighted by Crippen LogP contribution is 2.40. The zero-order valence-electron chi connectivity index (χ0n) is 14.2. The van der Waals surface area contributed by atoms with Crippen LogP contribution in [0.3, 0.4) is 0 Å². The summed E-state index contributed by atoms with van der Waals surface area (Å²) in [6.07, 6.45) is 1.60. The highest BCUT2D eigenvalue weighted by atomic mass is 16.2. The molecule has 1 aliphatic heterocycles. The van der Waals surface area contributed by atoms with Crippen molar-refractivity contribution < 1.29 is 4.79 Å². The molecule has 1 atom stereocenters. The molecule has 0 saturated carbocycles. The number of benzene rings is 2. The highest BCUT2D eigenvalue weighted by Gasteiger charge is 2.42. The number of carbonyl (C=O) groups is 1. The lowest BCUT2D eigenvalue weighted by molar-refractivity contribution is -0.120. The molecule has 0 bridgehead atoms. The van der Waals surface area contributed by atoms with E-state index in [4.69, 9.17) is 0 Å². The van der Waals surface area contributed by atoms with E-state index in [1.807, 2.05) is 19.1 Å². The van der Waals surface area contributed by atoms with Gasteiger partial charge in [-0.15, -0.1) is 0 Å². The molecule has 1 unspecified atom stereocenters. The summed E-state index contributed by atoms with van der Waals surface area (Å²) in [5.41, 5.74) is 5.90. The van der Waals surface area contributed by atoms with Crippen molar-refractivity contribution in [3.8, 4) is 0 Å². The van der Waals surface area contributed by atoms with Gasteiger partial charge in [0.25, 0.3) is 0 Å². The molecule has 2 aromatic carbocycles. The molecule has 0 fully saturated rings. The fourth-order valence-electron chi connectivity index (χ4n) is 3.68. The van der Waals surface area contributed by atoms with Crippen LogP contribution in [0.4, 0.5) is 5.69 Å². The first kappa shape index (κ1) is 14.9. The molecule has 1 aromatic heterocycles. The second-order valence-electron chi connectivity index (χ2n) is 6.92. The quantitative estimate of drug-likeness (QED) is 0.769. The largest absolute Gasteiger partial charge is 0.325 e. The molecule has 0 spiro atoms. The van der Waals surface area contributed by atoms with Crippen LogP contribution < -0.4 is 5.32 Å². The lowest BCUT2D eigenvalue weighted by atomic mass is 9.78. The van der Waals surface area contributed by atoms with Crippen LogP contribution in [0.25, 0.3) is 10.9 Å². The molecular formula is C20H21N3O. The summed E-state index contributed by atoms with van der Waals surface area (Å²) in [6, 6.07) is 12.5. The van der Waals surface area contributed by atoms with Gasteiger partial charge in [0, 0.05) is 16.8 Å². The number of hydrogen-bond acceptors (Lipinski definition) is 2. The van der Waals surface area contributed by atoms with Gasteiger partial charge in [-0.25, -0.2) is 0 Å². The minimum Gasteiger partial charge on any atom is -0.325 e. The molecule has 3 aromatic rings. The minimum absolute atomic E-state index is 0.0690. The predicted octanol–water partition coefficient (Wildman–Crippen LogP) is 3.89. The number of aryl methyl sites for hydroxylation is 2. The Hall–Kier alpha value is -2.62. The number of aromatic nitrogens is 2. The Kier molecular flexibility index (Phi) is 3.23. The van der Waals surface area contributed by atoms with Crippen molar-refractivity contribution in [2.24, 2.45) is 0 Å². The third-order valence-corrected chi connectivity index (χ3v) is 5.13. The predicted molar refractivity (Wildman–Crippen MR) is 96.3 cm³/mol. The van der Waals surface area contributed by atoms with Gasteiger partial charge in [0.15, 0.2) is 0 Å². The number of aromatic amines is 1. The van der Waals surface area contributed by atoms with Crippen molar-refractivity contribution in [3.05, 3.63) is 58.8 Å². The summed E-state index contributed by atoms with van der Waals surface area (Å²) in [4.78, 5) is 12.6. The van der Waals surface area contributed by atoms with Crippen LogP contribution in [0.1, 0.15) is 36.2 Å². The summed E-state index contributed by atoms with van der Waals surface area (Å²) in [5, 5.41) is 11.7. The van der Waals surface area contributed by atoms with Crippen LogP contribution in [-0.2, 0) is 23.1 Å². The van der Waals surface area contributed by atoms with Crippen LogP contribution in [0.15, 0.2) is 36.4 Å². The van der Waals surface area contributed by atoms with E-state index in [9.17, 15) is 4.79 Å². The number of anilines is 1. The normalized spacial score (nSPS) is 19.5. The van der Waals surface area contributed by atoms with E-state index in [1.165, 1.54) is 10.9 Å². The topological polar surface area (TPSA) is 57.8 Å². The number of carbonyl (C=O) groups excluding carboxylic acids is 1. The van der Waals surface area contributed by atoms with E-state index in [0.29, 0.717) is 6.42 Å². The molecule has 2 N–H and O–H groups in total. The first-order valence-corrected chi connectivity index (χ1v) is 8.40. The van der Waals surface area contributed by atoms with Gasteiger partial charge in [-0.1, -0.05) is 36.8 Å². The molecule has 2 heterocycles. The second kappa shape index (κ2) is 5.20. The second-order valence-corrected chi connectivity index (χ2v) is 6.92. The Morgan fingerprint density at radius 1 is 1.17 bits per heavy atom. The lowest BCUT2D eigenvalue weighted by Crippen LogP contribution is -2.33. The summed E-state index contributed by atoms with van der Waals surface area (Å²) in [5.74, 6) is 0.0690. The Bertz CT molecular complexity index is 957. The lowest BCUT2D eigenvalue weighted by Gasteiger charge is -2.22. The van der Waals surface area contributed by atoms with E-state index in [2.05, 4.69) is 53.6 Å². The van der Waals surface area contributed by atoms with Gasteiger partial charge in [0.1, 0.15) is 0 Å². The molecule has 4 nitrogen and oxygen atoms in total. The van der Waals surface area contributed by atoms with Crippen LogP contribution in [0.5, 0.6) is 0 Å². The molecule has 0 aliphatic carbocycles. The summed E-state index contributed by atoms with van der Waals surface area (Å²) in [7, 11) is 0. The molecule has 24 heavy (non-hydrogen) atoms.